The molecule has 0 radical (unpaired) electrons. The topological polar surface area (TPSA) is 41.6 Å². The van der Waals surface area contributed by atoms with Crippen LogP contribution in [0.15, 0.2) is 54.6 Å². The SMILES string of the molecule is CCN(C(=S)NC(=O)c1ccccc1OC(C)C)c1ccccc1. The van der Waals surface area contributed by atoms with Crippen molar-refractivity contribution >= 4 is 28.9 Å². The van der Waals surface area contributed by atoms with Gasteiger partial charge in [0.2, 0.25) is 0 Å². The summed E-state index contributed by atoms with van der Waals surface area (Å²) in [6.45, 7) is 6.50. The van der Waals surface area contributed by atoms with Gasteiger partial charge < -0.3 is 9.64 Å². The number of thiocarbonyl (C=S) groups is 1. The zero-order valence-electron chi connectivity index (χ0n) is 14.2. The zero-order chi connectivity index (χ0) is 17.5. The quantitative estimate of drug-likeness (QED) is 0.834. The summed E-state index contributed by atoms with van der Waals surface area (Å²) < 4.78 is 5.70. The summed E-state index contributed by atoms with van der Waals surface area (Å²) in [5.74, 6) is 0.279. The number of benzene rings is 2. The standard InChI is InChI=1S/C19H22N2O2S/c1-4-21(15-10-6-5-7-11-15)19(24)20-18(22)16-12-8-9-13-17(16)23-14(2)3/h5-14H,4H2,1-3H3,(H,20,22,24). The lowest BCUT2D eigenvalue weighted by atomic mass is 10.2. The van der Waals surface area contributed by atoms with E-state index in [1.54, 1.807) is 18.2 Å². The van der Waals surface area contributed by atoms with E-state index in [0.717, 1.165) is 5.69 Å². The number of amides is 1. The van der Waals surface area contributed by atoms with Gasteiger partial charge in [0, 0.05) is 12.2 Å². The Labute approximate surface area is 148 Å². The van der Waals surface area contributed by atoms with E-state index in [1.165, 1.54) is 0 Å². The van der Waals surface area contributed by atoms with Crippen molar-refractivity contribution in [3.63, 3.8) is 0 Å². The summed E-state index contributed by atoms with van der Waals surface area (Å²) in [5.41, 5.74) is 1.41. The lowest BCUT2D eigenvalue weighted by Gasteiger charge is -2.24. The molecule has 5 heteroatoms. The summed E-state index contributed by atoms with van der Waals surface area (Å²) in [6.07, 6.45) is -0.0117. The minimum atomic E-state index is -0.273. The molecular weight excluding hydrogens is 320 g/mol. The van der Waals surface area contributed by atoms with Gasteiger partial charge in [-0.25, -0.2) is 0 Å². The van der Waals surface area contributed by atoms with E-state index >= 15 is 0 Å². The predicted molar refractivity (Wildman–Crippen MR) is 102 cm³/mol. The van der Waals surface area contributed by atoms with Crippen LogP contribution in [0.2, 0.25) is 0 Å². The molecule has 0 aliphatic heterocycles. The number of carbonyl (C=O) groups is 1. The number of carbonyl (C=O) groups excluding carboxylic acids is 1. The molecule has 0 unspecified atom stereocenters. The zero-order valence-corrected chi connectivity index (χ0v) is 15.0. The Bertz CT molecular complexity index is 702. The lowest BCUT2D eigenvalue weighted by Crippen LogP contribution is -2.42. The third-order valence-electron chi connectivity index (χ3n) is 3.34. The maximum absolute atomic E-state index is 12.6. The van der Waals surface area contributed by atoms with Crippen LogP contribution < -0.4 is 15.0 Å². The van der Waals surface area contributed by atoms with Gasteiger partial charge in [-0.2, -0.15) is 0 Å². The molecule has 24 heavy (non-hydrogen) atoms. The summed E-state index contributed by atoms with van der Waals surface area (Å²) in [5, 5.41) is 3.17. The molecule has 0 atom stereocenters. The Morgan fingerprint density at radius 1 is 1.12 bits per heavy atom. The lowest BCUT2D eigenvalue weighted by molar-refractivity contribution is 0.0971. The van der Waals surface area contributed by atoms with E-state index < -0.39 is 0 Å². The molecule has 0 aliphatic rings. The van der Waals surface area contributed by atoms with Crippen molar-refractivity contribution in [3.05, 3.63) is 60.2 Å². The fraction of sp³-hybridized carbons (Fsp3) is 0.263. The van der Waals surface area contributed by atoms with Gasteiger partial charge in [0.05, 0.1) is 11.7 Å². The average molecular weight is 342 g/mol. The van der Waals surface area contributed by atoms with Crippen LogP contribution in [0, 0.1) is 0 Å². The molecule has 0 saturated heterocycles. The highest BCUT2D eigenvalue weighted by molar-refractivity contribution is 7.80. The van der Waals surface area contributed by atoms with Crippen molar-refractivity contribution < 1.29 is 9.53 Å². The van der Waals surface area contributed by atoms with Crippen LogP contribution in [0.25, 0.3) is 0 Å². The van der Waals surface area contributed by atoms with Crippen molar-refractivity contribution in [3.8, 4) is 5.75 Å². The van der Waals surface area contributed by atoms with E-state index in [-0.39, 0.29) is 12.0 Å². The number of rotatable bonds is 5. The van der Waals surface area contributed by atoms with Gasteiger partial charge >= 0.3 is 0 Å². The maximum Gasteiger partial charge on any atom is 0.261 e. The normalized spacial score (nSPS) is 10.3. The summed E-state index contributed by atoms with van der Waals surface area (Å²) in [4.78, 5) is 14.5. The van der Waals surface area contributed by atoms with Gasteiger partial charge in [-0.3, -0.25) is 10.1 Å². The Morgan fingerprint density at radius 2 is 1.75 bits per heavy atom. The first-order valence-corrected chi connectivity index (χ1v) is 8.37. The highest BCUT2D eigenvalue weighted by Crippen LogP contribution is 2.20. The van der Waals surface area contributed by atoms with Crippen LogP contribution >= 0.6 is 12.2 Å². The summed E-state index contributed by atoms with van der Waals surface area (Å²) in [6, 6.07) is 16.9. The number of nitrogens with zero attached hydrogens (tertiary/aromatic N) is 1. The second-order valence-corrected chi connectivity index (χ2v) is 5.89. The van der Waals surface area contributed by atoms with E-state index in [1.807, 2.05) is 62.1 Å². The Hall–Kier alpha value is -2.40. The third kappa shape index (κ3) is 4.55. The monoisotopic (exact) mass is 342 g/mol. The molecule has 2 aromatic rings. The summed E-state index contributed by atoms with van der Waals surface area (Å²) in [7, 11) is 0. The average Bonchev–Trinajstić information content (AvgIpc) is 2.56. The van der Waals surface area contributed by atoms with Crippen molar-refractivity contribution in [2.24, 2.45) is 0 Å². The molecule has 1 N–H and O–H groups in total. The van der Waals surface area contributed by atoms with Crippen molar-refractivity contribution in [1.82, 2.24) is 5.32 Å². The van der Waals surface area contributed by atoms with Crippen LogP contribution in [0.3, 0.4) is 0 Å². The number of anilines is 1. The number of para-hydroxylation sites is 2. The first-order chi connectivity index (χ1) is 11.5. The van der Waals surface area contributed by atoms with Gasteiger partial charge in [-0.05, 0) is 57.3 Å². The van der Waals surface area contributed by atoms with Gasteiger partial charge in [-0.15, -0.1) is 0 Å². The first kappa shape index (κ1) is 17.9. The second-order valence-electron chi connectivity index (χ2n) is 5.50. The Kier molecular flexibility index (Phi) is 6.32. The molecular formula is C19H22N2O2S. The smallest absolute Gasteiger partial charge is 0.261 e. The highest BCUT2D eigenvalue weighted by Gasteiger charge is 2.17. The molecule has 1 amide bonds. The number of hydrogen-bond donors (Lipinski definition) is 1. The van der Waals surface area contributed by atoms with Gasteiger partial charge in [0.1, 0.15) is 5.75 Å². The number of nitrogens with one attached hydrogen (secondary N) is 1. The first-order valence-electron chi connectivity index (χ1n) is 7.96. The third-order valence-corrected chi connectivity index (χ3v) is 3.67. The van der Waals surface area contributed by atoms with Gasteiger partial charge in [0.25, 0.3) is 5.91 Å². The van der Waals surface area contributed by atoms with Gasteiger partial charge in [0.15, 0.2) is 5.11 Å². The number of hydrogen-bond acceptors (Lipinski definition) is 3. The Balaban J connectivity index is 2.16. The molecule has 0 heterocycles. The van der Waals surface area contributed by atoms with E-state index in [9.17, 15) is 4.79 Å². The minimum Gasteiger partial charge on any atom is -0.490 e. The largest absolute Gasteiger partial charge is 0.490 e. The van der Waals surface area contributed by atoms with Gasteiger partial charge in [-0.1, -0.05) is 30.3 Å². The fourth-order valence-corrected chi connectivity index (χ4v) is 2.62. The molecule has 126 valence electrons. The van der Waals surface area contributed by atoms with E-state index in [0.29, 0.717) is 23.0 Å². The van der Waals surface area contributed by atoms with E-state index in [4.69, 9.17) is 17.0 Å². The Morgan fingerprint density at radius 3 is 2.38 bits per heavy atom. The van der Waals surface area contributed by atoms with Crippen molar-refractivity contribution in [2.45, 2.75) is 26.9 Å². The molecule has 0 spiro atoms. The van der Waals surface area contributed by atoms with Crippen LogP contribution in [0.1, 0.15) is 31.1 Å². The molecule has 0 fully saturated rings. The van der Waals surface area contributed by atoms with Crippen LogP contribution in [0.4, 0.5) is 5.69 Å². The minimum absolute atomic E-state index is 0.0117. The molecule has 4 nitrogen and oxygen atoms in total. The van der Waals surface area contributed by atoms with Crippen molar-refractivity contribution in [2.75, 3.05) is 11.4 Å². The fourth-order valence-electron chi connectivity index (χ4n) is 2.29. The van der Waals surface area contributed by atoms with Crippen LogP contribution in [-0.2, 0) is 0 Å². The van der Waals surface area contributed by atoms with Crippen LogP contribution in [-0.4, -0.2) is 23.7 Å². The molecule has 0 aromatic heterocycles. The highest BCUT2D eigenvalue weighted by atomic mass is 32.1. The molecule has 0 bridgehead atoms. The molecule has 2 rings (SSSR count). The maximum atomic E-state index is 12.6. The molecule has 2 aromatic carbocycles. The van der Waals surface area contributed by atoms with E-state index in [2.05, 4.69) is 5.32 Å². The second kappa shape index (κ2) is 8.45. The summed E-state index contributed by atoms with van der Waals surface area (Å²) >= 11 is 5.42. The van der Waals surface area contributed by atoms with Crippen LogP contribution in [0.5, 0.6) is 5.75 Å². The predicted octanol–water partition coefficient (Wildman–Crippen LogP) is 4.02. The number of ether oxygens (including phenoxy) is 1. The molecule has 0 aliphatic carbocycles. The van der Waals surface area contributed by atoms with Crippen molar-refractivity contribution in [1.29, 1.82) is 0 Å². The molecule has 0 saturated carbocycles.